The van der Waals surface area contributed by atoms with E-state index < -0.39 is 85.7 Å². The maximum absolute atomic E-state index is 12.0. The number of ether oxygens (including phenoxy) is 9. The highest BCUT2D eigenvalue weighted by Gasteiger charge is 2.53. The topological polar surface area (TPSA) is 168 Å². The predicted molar refractivity (Wildman–Crippen MR) is 118 cm³/mol. The highest BCUT2D eigenvalue weighted by Crippen LogP contribution is 2.32. The van der Waals surface area contributed by atoms with Gasteiger partial charge in [-0.3, -0.25) is 24.0 Å². The lowest BCUT2D eigenvalue weighted by Crippen LogP contribution is -2.63. The van der Waals surface area contributed by atoms with E-state index in [1.54, 1.807) is 12.2 Å². The number of rotatable bonds is 10. The fourth-order valence-electron chi connectivity index (χ4n) is 3.67. The summed E-state index contributed by atoms with van der Waals surface area (Å²) in [6.07, 6.45) is -6.18. The van der Waals surface area contributed by atoms with E-state index in [-0.39, 0.29) is 6.61 Å². The van der Waals surface area contributed by atoms with Crippen molar-refractivity contribution in [1.82, 2.24) is 0 Å². The van der Waals surface area contributed by atoms with E-state index in [0.717, 1.165) is 20.8 Å². The number of esters is 5. The summed E-state index contributed by atoms with van der Waals surface area (Å²) < 4.78 is 49.1. The van der Waals surface area contributed by atoms with Crippen molar-refractivity contribution in [2.45, 2.75) is 83.8 Å². The zero-order chi connectivity index (χ0) is 27.7. The molecule has 0 radical (unpaired) electrons. The Kier molecular flexibility index (Phi) is 11.4. The minimum absolute atomic E-state index is 0.213. The molecule has 37 heavy (non-hydrogen) atoms. The smallest absolute Gasteiger partial charge is 0.303 e. The maximum Gasteiger partial charge on any atom is 0.303 e. The van der Waals surface area contributed by atoms with E-state index in [4.69, 9.17) is 42.6 Å². The third-order valence-corrected chi connectivity index (χ3v) is 5.06. The zero-order valence-corrected chi connectivity index (χ0v) is 21.4. The lowest BCUT2D eigenvalue weighted by atomic mass is 9.97. The van der Waals surface area contributed by atoms with E-state index in [1.165, 1.54) is 21.0 Å². The largest absolute Gasteiger partial charge is 0.463 e. The van der Waals surface area contributed by atoms with Crippen LogP contribution < -0.4 is 0 Å². The molecular weight excluding hydrogens is 500 g/mol. The highest BCUT2D eigenvalue weighted by atomic mass is 16.8. The Morgan fingerprint density at radius 3 is 1.68 bits per heavy atom. The highest BCUT2D eigenvalue weighted by molar-refractivity contribution is 5.68. The number of carbonyl (C=O) groups excluding carboxylic acids is 5. The molecule has 8 atom stereocenters. The average molecular weight is 532 g/mol. The molecule has 0 saturated carbocycles. The number of carbonyl (C=O) groups is 5. The second kappa shape index (κ2) is 14.0. The molecule has 0 spiro atoms. The van der Waals surface area contributed by atoms with Crippen LogP contribution in [0, 0.1) is 0 Å². The van der Waals surface area contributed by atoms with Gasteiger partial charge < -0.3 is 42.6 Å². The molecule has 1 saturated heterocycles. The first kappa shape index (κ1) is 30.2. The third kappa shape index (κ3) is 9.39. The summed E-state index contributed by atoms with van der Waals surface area (Å²) in [6, 6.07) is 0. The van der Waals surface area contributed by atoms with Gasteiger partial charge >= 0.3 is 29.8 Å². The van der Waals surface area contributed by atoms with Gasteiger partial charge in [0.05, 0.1) is 0 Å². The van der Waals surface area contributed by atoms with Crippen LogP contribution in [0.3, 0.4) is 0 Å². The van der Waals surface area contributed by atoms with Gasteiger partial charge in [-0.25, -0.2) is 0 Å². The lowest BCUT2D eigenvalue weighted by molar-refractivity contribution is -0.323. The van der Waals surface area contributed by atoms with Gasteiger partial charge in [0.25, 0.3) is 0 Å². The van der Waals surface area contributed by atoms with E-state index in [1.807, 2.05) is 0 Å². The van der Waals surface area contributed by atoms with Crippen LogP contribution in [-0.2, 0) is 66.6 Å². The van der Waals surface area contributed by atoms with Gasteiger partial charge in [0.2, 0.25) is 0 Å². The standard InChI is InChI=1S/C23H32O14/c1-11(24)30-9-17-16(7-8-19(29-6)35-17)36-23-22(34-15(5)28)21(33-14(4)27)20(32-13(3)26)18(37-23)10-31-12(2)25/h7-8,16-23H,9-10H2,1-6H3/t16-,17?,18?,19?,20-,21?,22?,23?/m0/s1. The third-order valence-electron chi connectivity index (χ3n) is 5.06. The molecule has 0 N–H and O–H groups in total. The molecule has 0 aromatic rings. The molecule has 14 heteroatoms. The fraction of sp³-hybridized carbons (Fsp3) is 0.696. The number of methoxy groups -OCH3 is 1. The van der Waals surface area contributed by atoms with Crippen LogP contribution in [0.15, 0.2) is 12.2 Å². The monoisotopic (exact) mass is 532 g/mol. The van der Waals surface area contributed by atoms with Crippen molar-refractivity contribution in [3.05, 3.63) is 12.2 Å². The minimum atomic E-state index is -1.43. The molecule has 0 amide bonds. The molecule has 6 unspecified atom stereocenters. The molecule has 208 valence electrons. The van der Waals surface area contributed by atoms with Gasteiger partial charge in [-0.1, -0.05) is 6.08 Å². The van der Waals surface area contributed by atoms with Crippen molar-refractivity contribution in [3.63, 3.8) is 0 Å². The van der Waals surface area contributed by atoms with E-state index in [9.17, 15) is 24.0 Å². The first-order chi connectivity index (χ1) is 17.4. The Morgan fingerprint density at radius 2 is 1.16 bits per heavy atom. The van der Waals surface area contributed by atoms with Crippen LogP contribution >= 0.6 is 0 Å². The summed E-state index contributed by atoms with van der Waals surface area (Å²) in [6.45, 7) is 5.12. The predicted octanol–water partition coefficient (Wildman–Crippen LogP) is -0.0547. The van der Waals surface area contributed by atoms with Crippen LogP contribution in [0.25, 0.3) is 0 Å². The summed E-state index contributed by atoms with van der Waals surface area (Å²) >= 11 is 0. The Hall–Kier alpha value is -3.07. The SMILES string of the molecule is COC1C=C[C@H](OC2OC(COC(C)=O)[C@H](OC(C)=O)C(OC(C)=O)C2OC(C)=O)C(COC(C)=O)O1. The van der Waals surface area contributed by atoms with Gasteiger partial charge in [-0.05, 0) is 6.08 Å². The Balaban J connectivity index is 2.43. The molecule has 2 aliphatic rings. The van der Waals surface area contributed by atoms with Crippen LogP contribution in [-0.4, -0.2) is 99.4 Å². The minimum Gasteiger partial charge on any atom is -0.463 e. The summed E-state index contributed by atoms with van der Waals surface area (Å²) in [5.41, 5.74) is 0. The van der Waals surface area contributed by atoms with Crippen molar-refractivity contribution in [1.29, 1.82) is 0 Å². The van der Waals surface area contributed by atoms with Gasteiger partial charge in [0, 0.05) is 41.7 Å². The van der Waals surface area contributed by atoms with Gasteiger partial charge in [0.15, 0.2) is 30.9 Å². The Morgan fingerprint density at radius 1 is 0.649 bits per heavy atom. The fourth-order valence-corrected chi connectivity index (χ4v) is 3.67. The molecule has 14 nitrogen and oxygen atoms in total. The number of hydrogen-bond donors (Lipinski definition) is 0. The van der Waals surface area contributed by atoms with Crippen LogP contribution in [0.1, 0.15) is 34.6 Å². The average Bonchev–Trinajstić information content (AvgIpc) is 2.79. The zero-order valence-electron chi connectivity index (χ0n) is 21.4. The van der Waals surface area contributed by atoms with Crippen molar-refractivity contribution in [2.75, 3.05) is 20.3 Å². The van der Waals surface area contributed by atoms with Gasteiger partial charge in [0.1, 0.15) is 31.5 Å². The Labute approximate surface area is 213 Å². The molecule has 0 aromatic carbocycles. The van der Waals surface area contributed by atoms with Crippen LogP contribution in [0.4, 0.5) is 0 Å². The molecule has 1 fully saturated rings. The van der Waals surface area contributed by atoms with E-state index >= 15 is 0 Å². The van der Waals surface area contributed by atoms with Gasteiger partial charge in [-0.15, -0.1) is 0 Å². The number of hydrogen-bond acceptors (Lipinski definition) is 14. The lowest BCUT2D eigenvalue weighted by Gasteiger charge is -2.45. The first-order valence-corrected chi connectivity index (χ1v) is 11.4. The van der Waals surface area contributed by atoms with Crippen LogP contribution in [0.2, 0.25) is 0 Å². The van der Waals surface area contributed by atoms with Gasteiger partial charge in [-0.2, -0.15) is 0 Å². The maximum atomic E-state index is 12.0. The molecule has 2 aliphatic heterocycles. The molecule has 0 aliphatic carbocycles. The molecule has 2 heterocycles. The molecular formula is C23H32O14. The van der Waals surface area contributed by atoms with Crippen molar-refractivity contribution in [3.8, 4) is 0 Å². The Bertz CT molecular complexity index is 870. The van der Waals surface area contributed by atoms with Crippen molar-refractivity contribution in [2.24, 2.45) is 0 Å². The second-order valence-corrected chi connectivity index (χ2v) is 8.13. The summed E-state index contributed by atoms with van der Waals surface area (Å²) in [5, 5.41) is 0. The summed E-state index contributed by atoms with van der Waals surface area (Å²) in [7, 11) is 1.42. The van der Waals surface area contributed by atoms with E-state index in [2.05, 4.69) is 0 Å². The van der Waals surface area contributed by atoms with Crippen molar-refractivity contribution < 1.29 is 66.6 Å². The second-order valence-electron chi connectivity index (χ2n) is 8.13. The normalized spacial score (nSPS) is 31.1. The summed E-state index contributed by atoms with van der Waals surface area (Å²) in [5.74, 6) is -3.51. The molecule has 0 bridgehead atoms. The van der Waals surface area contributed by atoms with Crippen molar-refractivity contribution >= 4 is 29.8 Å². The van der Waals surface area contributed by atoms with Crippen LogP contribution in [0.5, 0.6) is 0 Å². The van der Waals surface area contributed by atoms with E-state index in [0.29, 0.717) is 0 Å². The summed E-state index contributed by atoms with van der Waals surface area (Å²) in [4.78, 5) is 58.6. The molecule has 2 rings (SSSR count). The molecule has 0 aromatic heterocycles. The first-order valence-electron chi connectivity index (χ1n) is 11.4. The quantitative estimate of drug-likeness (QED) is 0.208.